The quantitative estimate of drug-likeness (QED) is 0.738. The highest BCUT2D eigenvalue weighted by Crippen LogP contribution is 2.21. The van der Waals surface area contributed by atoms with Crippen LogP contribution >= 0.6 is 11.6 Å². The smallest absolute Gasteiger partial charge is 0.243 e. The first kappa shape index (κ1) is 19.5. The lowest BCUT2D eigenvalue weighted by Crippen LogP contribution is -2.35. The fourth-order valence-corrected chi connectivity index (χ4v) is 2.47. The van der Waals surface area contributed by atoms with Crippen molar-refractivity contribution in [2.24, 2.45) is 5.73 Å². The number of hydrogen-bond donors (Lipinski definition) is 2. The molecule has 2 rings (SSSR count). The molecule has 0 spiro atoms. The molecule has 26 heavy (non-hydrogen) atoms. The van der Waals surface area contributed by atoms with E-state index in [-0.39, 0.29) is 30.4 Å². The standard InChI is InChI=1S/C18H19ClFN3O3/c1-26-14-5-3-13(4-6-14)23(9-8-17(21)24)11-18(25)22-12-2-7-16(20)15(19)10-12/h2-7,10H,8-9,11H2,1H3,(H2,21,24)(H,22,25). The summed E-state index contributed by atoms with van der Waals surface area (Å²) in [4.78, 5) is 25.1. The number of primary amides is 1. The third-order valence-corrected chi connectivity index (χ3v) is 3.89. The van der Waals surface area contributed by atoms with E-state index in [0.717, 1.165) is 5.69 Å². The van der Waals surface area contributed by atoms with Crippen molar-refractivity contribution in [3.05, 3.63) is 53.3 Å². The van der Waals surface area contributed by atoms with Gasteiger partial charge < -0.3 is 20.7 Å². The number of nitrogens with zero attached hydrogens (tertiary/aromatic N) is 1. The fourth-order valence-electron chi connectivity index (χ4n) is 2.29. The Morgan fingerprint density at radius 1 is 1.23 bits per heavy atom. The summed E-state index contributed by atoms with van der Waals surface area (Å²) in [5.74, 6) is -0.692. The minimum absolute atomic E-state index is 0.0192. The Hall–Kier alpha value is -2.80. The third-order valence-electron chi connectivity index (χ3n) is 3.60. The molecule has 2 aromatic rings. The molecule has 0 aromatic heterocycles. The molecule has 3 N–H and O–H groups in total. The van der Waals surface area contributed by atoms with Crippen LogP contribution < -0.4 is 20.7 Å². The van der Waals surface area contributed by atoms with E-state index in [0.29, 0.717) is 11.4 Å². The van der Waals surface area contributed by atoms with Crippen molar-refractivity contribution in [1.82, 2.24) is 0 Å². The molecule has 0 unspecified atom stereocenters. The fraction of sp³-hybridized carbons (Fsp3) is 0.222. The molecule has 0 atom stereocenters. The van der Waals surface area contributed by atoms with E-state index < -0.39 is 11.7 Å². The zero-order chi connectivity index (χ0) is 19.1. The van der Waals surface area contributed by atoms with Gasteiger partial charge in [0.1, 0.15) is 11.6 Å². The van der Waals surface area contributed by atoms with Crippen LogP contribution in [-0.4, -0.2) is 32.0 Å². The number of rotatable bonds is 8. The molecule has 0 heterocycles. The van der Waals surface area contributed by atoms with Crippen LogP contribution in [0.4, 0.5) is 15.8 Å². The number of halogens is 2. The number of anilines is 2. The molecule has 2 aromatic carbocycles. The number of hydrogen-bond acceptors (Lipinski definition) is 4. The number of carbonyl (C=O) groups is 2. The van der Waals surface area contributed by atoms with Crippen LogP contribution in [0.25, 0.3) is 0 Å². The first-order chi connectivity index (χ1) is 12.4. The molecule has 0 aliphatic rings. The molecular formula is C18H19ClFN3O3. The third kappa shape index (κ3) is 5.63. The van der Waals surface area contributed by atoms with E-state index in [1.54, 1.807) is 36.3 Å². The maximum absolute atomic E-state index is 13.2. The number of nitrogens with two attached hydrogens (primary N) is 1. The molecular weight excluding hydrogens is 361 g/mol. The Kier molecular flexibility index (Phi) is 6.80. The summed E-state index contributed by atoms with van der Waals surface area (Å²) in [6.45, 7) is 0.258. The molecule has 0 fully saturated rings. The number of ether oxygens (including phenoxy) is 1. The van der Waals surface area contributed by atoms with Crippen molar-refractivity contribution in [3.8, 4) is 5.75 Å². The molecule has 0 aliphatic heterocycles. The van der Waals surface area contributed by atoms with Crippen molar-refractivity contribution in [1.29, 1.82) is 0 Å². The minimum atomic E-state index is -0.564. The molecule has 0 saturated carbocycles. The second-order valence-electron chi connectivity index (χ2n) is 5.51. The zero-order valence-electron chi connectivity index (χ0n) is 14.2. The first-order valence-corrected chi connectivity index (χ1v) is 8.19. The SMILES string of the molecule is COc1ccc(N(CCC(N)=O)CC(=O)Nc2ccc(F)c(Cl)c2)cc1. The Labute approximate surface area is 155 Å². The maximum Gasteiger partial charge on any atom is 0.243 e. The molecule has 8 heteroatoms. The van der Waals surface area contributed by atoms with Crippen molar-refractivity contribution >= 4 is 34.8 Å². The second-order valence-corrected chi connectivity index (χ2v) is 5.92. The van der Waals surface area contributed by atoms with E-state index >= 15 is 0 Å². The average Bonchev–Trinajstić information content (AvgIpc) is 2.61. The highest BCUT2D eigenvalue weighted by Gasteiger charge is 2.14. The molecule has 0 radical (unpaired) electrons. The summed E-state index contributed by atoms with van der Waals surface area (Å²) in [6, 6.07) is 11.0. The van der Waals surface area contributed by atoms with Crippen LogP contribution in [0.1, 0.15) is 6.42 Å². The molecule has 2 amide bonds. The number of carbonyl (C=O) groups excluding carboxylic acids is 2. The highest BCUT2D eigenvalue weighted by atomic mass is 35.5. The van der Waals surface area contributed by atoms with Gasteiger partial charge >= 0.3 is 0 Å². The van der Waals surface area contributed by atoms with E-state index in [4.69, 9.17) is 22.1 Å². The van der Waals surface area contributed by atoms with E-state index in [2.05, 4.69) is 5.32 Å². The van der Waals surface area contributed by atoms with Gasteiger partial charge in [-0.2, -0.15) is 0 Å². The van der Waals surface area contributed by atoms with E-state index in [1.165, 1.54) is 18.2 Å². The largest absolute Gasteiger partial charge is 0.497 e. The normalized spacial score (nSPS) is 10.3. The van der Waals surface area contributed by atoms with E-state index in [9.17, 15) is 14.0 Å². The summed E-state index contributed by atoms with van der Waals surface area (Å²) in [5.41, 5.74) is 6.33. The van der Waals surface area contributed by atoms with Gasteiger partial charge in [-0.3, -0.25) is 9.59 Å². The molecule has 0 bridgehead atoms. The van der Waals surface area contributed by atoms with Gasteiger partial charge in [0.2, 0.25) is 11.8 Å². The Morgan fingerprint density at radius 3 is 2.50 bits per heavy atom. The minimum Gasteiger partial charge on any atom is -0.497 e. The molecule has 0 aliphatic carbocycles. The predicted octanol–water partition coefficient (Wildman–Crippen LogP) is 2.81. The van der Waals surface area contributed by atoms with Gasteiger partial charge in [0.25, 0.3) is 0 Å². The number of nitrogens with one attached hydrogen (secondary N) is 1. The van der Waals surface area contributed by atoms with Gasteiger partial charge in [-0.05, 0) is 42.5 Å². The van der Waals surface area contributed by atoms with Crippen molar-refractivity contribution < 1.29 is 18.7 Å². The lowest BCUT2D eigenvalue weighted by molar-refractivity contribution is -0.118. The van der Waals surface area contributed by atoms with Crippen molar-refractivity contribution in [3.63, 3.8) is 0 Å². The van der Waals surface area contributed by atoms with Crippen LogP contribution in [-0.2, 0) is 9.59 Å². The number of methoxy groups -OCH3 is 1. The summed E-state index contributed by atoms with van der Waals surface area (Å²) in [5, 5.41) is 2.57. The second kappa shape index (κ2) is 9.05. The Balaban J connectivity index is 2.09. The average molecular weight is 380 g/mol. The molecule has 6 nitrogen and oxygen atoms in total. The maximum atomic E-state index is 13.2. The van der Waals surface area contributed by atoms with Crippen LogP contribution in [0.5, 0.6) is 5.75 Å². The van der Waals surface area contributed by atoms with Gasteiger partial charge in [0, 0.05) is 24.3 Å². The zero-order valence-corrected chi connectivity index (χ0v) is 14.9. The van der Waals surface area contributed by atoms with E-state index in [1.807, 2.05) is 0 Å². The topological polar surface area (TPSA) is 84.7 Å². The Bertz CT molecular complexity index is 784. The van der Waals surface area contributed by atoms with Gasteiger partial charge in [-0.15, -0.1) is 0 Å². The summed E-state index contributed by atoms with van der Waals surface area (Å²) >= 11 is 5.71. The monoisotopic (exact) mass is 379 g/mol. The van der Waals surface area contributed by atoms with Crippen LogP contribution in [0.2, 0.25) is 5.02 Å². The lowest BCUT2D eigenvalue weighted by atomic mass is 10.2. The predicted molar refractivity (Wildman–Crippen MR) is 99.1 cm³/mol. The summed E-state index contributed by atoms with van der Waals surface area (Å²) in [7, 11) is 1.56. The van der Waals surface area contributed by atoms with Gasteiger partial charge in [0.05, 0.1) is 18.7 Å². The van der Waals surface area contributed by atoms with Crippen LogP contribution in [0.15, 0.2) is 42.5 Å². The molecule has 0 saturated heterocycles. The lowest BCUT2D eigenvalue weighted by Gasteiger charge is -2.24. The summed E-state index contributed by atoms with van der Waals surface area (Å²) in [6.07, 6.45) is 0.0989. The Morgan fingerprint density at radius 2 is 1.92 bits per heavy atom. The van der Waals surface area contributed by atoms with Crippen molar-refractivity contribution in [2.75, 3.05) is 30.4 Å². The molecule has 138 valence electrons. The summed E-state index contributed by atoms with van der Waals surface area (Å²) < 4.78 is 18.3. The van der Waals surface area contributed by atoms with Crippen LogP contribution in [0.3, 0.4) is 0 Å². The number of benzene rings is 2. The van der Waals surface area contributed by atoms with Crippen LogP contribution in [0, 0.1) is 5.82 Å². The van der Waals surface area contributed by atoms with Gasteiger partial charge in [0.15, 0.2) is 0 Å². The van der Waals surface area contributed by atoms with Gasteiger partial charge in [-0.25, -0.2) is 4.39 Å². The first-order valence-electron chi connectivity index (χ1n) is 7.81. The van der Waals surface area contributed by atoms with Crippen molar-refractivity contribution in [2.45, 2.75) is 6.42 Å². The number of amides is 2. The van der Waals surface area contributed by atoms with Gasteiger partial charge in [-0.1, -0.05) is 11.6 Å². The highest BCUT2D eigenvalue weighted by molar-refractivity contribution is 6.31.